The quantitative estimate of drug-likeness (QED) is 0.679. The summed E-state index contributed by atoms with van der Waals surface area (Å²) in [6.07, 6.45) is 0. The van der Waals surface area contributed by atoms with Crippen molar-refractivity contribution < 1.29 is 24.9 Å². The summed E-state index contributed by atoms with van der Waals surface area (Å²) in [4.78, 5) is 16.6. The van der Waals surface area contributed by atoms with Crippen molar-refractivity contribution in [3.05, 3.63) is 48.0 Å². The lowest BCUT2D eigenvalue weighted by Gasteiger charge is -2.08. The Morgan fingerprint density at radius 2 is 1.92 bits per heavy atom. The van der Waals surface area contributed by atoms with Crippen molar-refractivity contribution in [2.75, 3.05) is 20.3 Å². The molecule has 3 aromatic rings. The minimum Gasteiger partial charge on any atom is -0.497 e. The lowest BCUT2D eigenvalue weighted by molar-refractivity contribution is 0.0526. The summed E-state index contributed by atoms with van der Waals surface area (Å²) in [6, 6.07) is 12.8. The summed E-state index contributed by atoms with van der Waals surface area (Å²) in [5.41, 5.74) is 2.91. The normalized spacial score (nSPS) is 10.4. The number of fused-ring (bicyclic) bond motifs is 1. The van der Waals surface area contributed by atoms with Gasteiger partial charge >= 0.3 is 5.97 Å². The molecular weight excluding hydrogens is 336 g/mol. The zero-order chi connectivity index (χ0) is 17.8. The molecule has 0 unspecified atom stereocenters. The van der Waals surface area contributed by atoms with E-state index < -0.39 is 0 Å². The first-order valence-electron chi connectivity index (χ1n) is 8.10. The molecule has 0 amide bonds. The fraction of sp³-hybridized carbons (Fsp3) is 0.263. The first-order chi connectivity index (χ1) is 12.2. The summed E-state index contributed by atoms with van der Waals surface area (Å²) in [7, 11) is 1.62. The SMILES string of the molecule is CCOC(=O)c1ccc2c(c1)nc(-c1ccc(OC)cc1)n2CCO.O. The van der Waals surface area contributed by atoms with Crippen LogP contribution in [0.3, 0.4) is 0 Å². The molecular formula is C19H22N2O5. The van der Waals surface area contributed by atoms with E-state index in [9.17, 15) is 9.90 Å². The molecule has 0 fully saturated rings. The molecule has 0 saturated heterocycles. The summed E-state index contributed by atoms with van der Waals surface area (Å²) in [6.45, 7) is 2.51. The van der Waals surface area contributed by atoms with Crippen LogP contribution >= 0.6 is 0 Å². The van der Waals surface area contributed by atoms with Crippen LogP contribution in [0.2, 0.25) is 0 Å². The second-order valence-corrected chi connectivity index (χ2v) is 5.46. The van der Waals surface area contributed by atoms with Crippen LogP contribution in [0.4, 0.5) is 0 Å². The molecule has 7 nitrogen and oxygen atoms in total. The van der Waals surface area contributed by atoms with E-state index in [2.05, 4.69) is 4.98 Å². The second-order valence-electron chi connectivity index (χ2n) is 5.46. The third-order valence-corrected chi connectivity index (χ3v) is 3.93. The second kappa shape index (κ2) is 8.46. The topological polar surface area (TPSA) is 105 Å². The average Bonchev–Trinajstić information content (AvgIpc) is 3.00. The number of carbonyl (C=O) groups excluding carboxylic acids is 1. The van der Waals surface area contributed by atoms with Gasteiger partial charge in [0.15, 0.2) is 0 Å². The molecule has 1 aromatic heterocycles. The Labute approximate surface area is 151 Å². The van der Waals surface area contributed by atoms with Gasteiger partial charge in [-0.15, -0.1) is 0 Å². The monoisotopic (exact) mass is 358 g/mol. The lowest BCUT2D eigenvalue weighted by atomic mass is 10.2. The van der Waals surface area contributed by atoms with Crippen LogP contribution in [0.25, 0.3) is 22.4 Å². The Bertz CT molecular complexity index is 887. The van der Waals surface area contributed by atoms with Crippen molar-refractivity contribution in [3.8, 4) is 17.1 Å². The van der Waals surface area contributed by atoms with Crippen molar-refractivity contribution in [3.63, 3.8) is 0 Å². The first-order valence-corrected chi connectivity index (χ1v) is 8.10. The highest BCUT2D eigenvalue weighted by atomic mass is 16.5. The van der Waals surface area contributed by atoms with Gasteiger partial charge in [0.05, 0.1) is 36.9 Å². The molecule has 3 rings (SSSR count). The number of aliphatic hydroxyl groups is 1. The molecule has 138 valence electrons. The molecule has 0 bridgehead atoms. The minimum atomic E-state index is -0.368. The third kappa shape index (κ3) is 3.68. The van der Waals surface area contributed by atoms with E-state index in [-0.39, 0.29) is 18.1 Å². The van der Waals surface area contributed by atoms with E-state index >= 15 is 0 Å². The maximum Gasteiger partial charge on any atom is 0.338 e. The fourth-order valence-electron chi connectivity index (χ4n) is 2.76. The van der Waals surface area contributed by atoms with Gasteiger partial charge in [-0.3, -0.25) is 0 Å². The maximum absolute atomic E-state index is 11.9. The van der Waals surface area contributed by atoms with Gasteiger partial charge in [0.2, 0.25) is 0 Å². The van der Waals surface area contributed by atoms with Crippen LogP contribution in [0.15, 0.2) is 42.5 Å². The van der Waals surface area contributed by atoms with Crippen molar-refractivity contribution in [2.24, 2.45) is 0 Å². The molecule has 0 aliphatic heterocycles. The smallest absolute Gasteiger partial charge is 0.338 e. The van der Waals surface area contributed by atoms with E-state index in [0.29, 0.717) is 24.2 Å². The van der Waals surface area contributed by atoms with Crippen molar-refractivity contribution in [1.82, 2.24) is 9.55 Å². The Kier molecular flexibility index (Phi) is 6.32. The molecule has 2 aromatic carbocycles. The third-order valence-electron chi connectivity index (χ3n) is 3.93. The van der Waals surface area contributed by atoms with E-state index in [4.69, 9.17) is 9.47 Å². The van der Waals surface area contributed by atoms with Crippen LogP contribution in [0, 0.1) is 0 Å². The number of nitrogens with zero attached hydrogens (tertiary/aromatic N) is 2. The summed E-state index contributed by atoms with van der Waals surface area (Å²) in [5.74, 6) is 1.12. The van der Waals surface area contributed by atoms with Gasteiger partial charge in [0, 0.05) is 12.1 Å². The summed E-state index contributed by atoms with van der Waals surface area (Å²) < 4.78 is 12.2. The Balaban J connectivity index is 0.00000243. The van der Waals surface area contributed by atoms with Crippen LogP contribution in [0.5, 0.6) is 5.75 Å². The maximum atomic E-state index is 11.9. The molecule has 0 aliphatic rings. The summed E-state index contributed by atoms with van der Waals surface area (Å²) in [5, 5.41) is 9.42. The van der Waals surface area contributed by atoms with Gasteiger partial charge < -0.3 is 24.6 Å². The zero-order valence-corrected chi connectivity index (χ0v) is 14.7. The Morgan fingerprint density at radius 1 is 1.19 bits per heavy atom. The zero-order valence-electron chi connectivity index (χ0n) is 14.7. The van der Waals surface area contributed by atoms with Crippen LogP contribution in [-0.4, -0.2) is 46.4 Å². The van der Waals surface area contributed by atoms with Gasteiger partial charge in [0.25, 0.3) is 0 Å². The molecule has 7 heteroatoms. The number of methoxy groups -OCH3 is 1. The highest BCUT2D eigenvalue weighted by molar-refractivity contribution is 5.94. The highest BCUT2D eigenvalue weighted by Crippen LogP contribution is 2.27. The number of carbonyl (C=O) groups is 1. The van der Waals surface area contributed by atoms with Crippen LogP contribution in [0.1, 0.15) is 17.3 Å². The number of ether oxygens (including phenoxy) is 2. The number of hydrogen-bond donors (Lipinski definition) is 1. The molecule has 0 aliphatic carbocycles. The van der Waals surface area contributed by atoms with Gasteiger partial charge in [-0.25, -0.2) is 9.78 Å². The van der Waals surface area contributed by atoms with Crippen molar-refractivity contribution in [2.45, 2.75) is 13.5 Å². The minimum absolute atomic E-state index is 0. The predicted molar refractivity (Wildman–Crippen MR) is 98.4 cm³/mol. The van der Waals surface area contributed by atoms with E-state index in [0.717, 1.165) is 22.7 Å². The predicted octanol–water partition coefficient (Wildman–Crippen LogP) is 2.06. The highest BCUT2D eigenvalue weighted by Gasteiger charge is 2.15. The number of benzene rings is 2. The number of rotatable bonds is 6. The van der Waals surface area contributed by atoms with Crippen molar-refractivity contribution >= 4 is 17.0 Å². The van der Waals surface area contributed by atoms with Crippen LogP contribution in [-0.2, 0) is 11.3 Å². The standard InChI is InChI=1S/C19H20N2O4.H2O/c1-3-25-19(23)14-6-9-17-16(12-14)20-18(21(17)10-11-22)13-4-7-15(24-2)8-5-13;/h4-9,12,22H,3,10-11H2,1-2H3;1H2. The number of esters is 1. The van der Waals surface area contributed by atoms with Crippen LogP contribution < -0.4 is 4.74 Å². The molecule has 0 saturated carbocycles. The fourth-order valence-corrected chi connectivity index (χ4v) is 2.76. The Hall–Kier alpha value is -2.90. The van der Waals surface area contributed by atoms with Crippen molar-refractivity contribution in [1.29, 1.82) is 0 Å². The van der Waals surface area contributed by atoms with E-state index in [1.165, 1.54) is 0 Å². The van der Waals surface area contributed by atoms with E-state index in [1.807, 2.05) is 34.9 Å². The van der Waals surface area contributed by atoms with Gasteiger partial charge in [-0.05, 0) is 49.4 Å². The average molecular weight is 358 g/mol. The van der Waals surface area contributed by atoms with Gasteiger partial charge in [-0.1, -0.05) is 0 Å². The molecule has 0 radical (unpaired) electrons. The summed E-state index contributed by atoms with van der Waals surface area (Å²) >= 11 is 0. The first kappa shape index (κ1) is 19.4. The largest absolute Gasteiger partial charge is 0.497 e. The molecule has 0 spiro atoms. The number of aromatic nitrogens is 2. The number of imidazole rings is 1. The molecule has 3 N–H and O–H groups in total. The Morgan fingerprint density at radius 3 is 2.54 bits per heavy atom. The molecule has 0 atom stereocenters. The van der Waals surface area contributed by atoms with E-state index in [1.54, 1.807) is 26.2 Å². The number of aliphatic hydroxyl groups excluding tert-OH is 1. The van der Waals surface area contributed by atoms with Gasteiger partial charge in [0.1, 0.15) is 11.6 Å². The molecule has 26 heavy (non-hydrogen) atoms. The van der Waals surface area contributed by atoms with Gasteiger partial charge in [-0.2, -0.15) is 0 Å². The molecule has 1 heterocycles. The number of hydrogen-bond acceptors (Lipinski definition) is 5. The lowest BCUT2D eigenvalue weighted by Crippen LogP contribution is -2.05.